The second kappa shape index (κ2) is 9.24. The van der Waals surface area contributed by atoms with Gasteiger partial charge in [0, 0.05) is 37.5 Å². The lowest BCUT2D eigenvalue weighted by atomic mass is 9.83. The first kappa shape index (κ1) is 25.7. The Morgan fingerprint density at radius 1 is 0.571 bits per heavy atom. The molecular formula is C37H30BNO2S. The highest BCUT2D eigenvalue weighted by atomic mass is 32.1. The first-order valence-corrected chi connectivity index (χ1v) is 15.3. The summed E-state index contributed by atoms with van der Waals surface area (Å²) in [6.45, 7) is 8.28. The molecule has 42 heavy (non-hydrogen) atoms. The van der Waals surface area contributed by atoms with E-state index in [1.807, 2.05) is 23.6 Å². The molecule has 1 aliphatic heterocycles. The molecule has 0 unspecified atom stereocenters. The van der Waals surface area contributed by atoms with Gasteiger partial charge in [0.25, 0.3) is 0 Å². The molecule has 0 radical (unpaired) electrons. The molecule has 1 saturated heterocycles. The van der Waals surface area contributed by atoms with Crippen LogP contribution in [0.15, 0.2) is 109 Å². The highest BCUT2D eigenvalue weighted by Crippen LogP contribution is 2.47. The minimum atomic E-state index is -0.485. The summed E-state index contributed by atoms with van der Waals surface area (Å²) >= 11 is 1.88. The number of pyridine rings is 1. The highest BCUT2D eigenvalue weighted by molar-refractivity contribution is 7.26. The van der Waals surface area contributed by atoms with Crippen molar-refractivity contribution in [3.05, 3.63) is 109 Å². The van der Waals surface area contributed by atoms with Crippen LogP contribution in [0.4, 0.5) is 0 Å². The lowest BCUT2D eigenvalue weighted by Crippen LogP contribution is -2.41. The smallest absolute Gasteiger partial charge is 0.398 e. The van der Waals surface area contributed by atoms with E-state index in [-0.39, 0.29) is 0 Å². The van der Waals surface area contributed by atoms with Crippen molar-refractivity contribution in [2.45, 2.75) is 38.9 Å². The minimum Gasteiger partial charge on any atom is -0.398 e. The summed E-state index contributed by atoms with van der Waals surface area (Å²) in [4.78, 5) is 4.88. The molecule has 0 atom stereocenters. The SMILES string of the molecule is CC1(C)OB(c2ccc(-c3c4ccccc4c(-c4cccc5c4sc4ccccc45)c4ccccc34)cn2)OC1(C)C. The lowest BCUT2D eigenvalue weighted by molar-refractivity contribution is 0.00578. The van der Waals surface area contributed by atoms with Gasteiger partial charge in [0.05, 0.1) is 16.8 Å². The number of aromatic nitrogens is 1. The van der Waals surface area contributed by atoms with Crippen molar-refractivity contribution >= 4 is 65.8 Å². The third-order valence-corrected chi connectivity index (χ3v) is 10.4. The molecule has 5 heteroatoms. The number of benzene rings is 5. The molecule has 7 aromatic rings. The van der Waals surface area contributed by atoms with E-state index in [0.717, 1.165) is 11.2 Å². The number of thiophene rings is 1. The third kappa shape index (κ3) is 3.77. The second-order valence-electron chi connectivity index (χ2n) is 12.2. The maximum Gasteiger partial charge on any atom is 0.514 e. The van der Waals surface area contributed by atoms with Crippen LogP contribution < -0.4 is 5.59 Å². The van der Waals surface area contributed by atoms with Gasteiger partial charge in [-0.3, -0.25) is 4.98 Å². The molecule has 3 nitrogen and oxygen atoms in total. The topological polar surface area (TPSA) is 31.4 Å². The van der Waals surface area contributed by atoms with E-state index in [4.69, 9.17) is 14.3 Å². The zero-order valence-corrected chi connectivity index (χ0v) is 25.0. The van der Waals surface area contributed by atoms with E-state index < -0.39 is 18.3 Å². The van der Waals surface area contributed by atoms with Crippen LogP contribution in [0.25, 0.3) is 64.0 Å². The number of fused-ring (bicyclic) bond motifs is 5. The fourth-order valence-corrected chi connectivity index (χ4v) is 7.55. The maximum atomic E-state index is 6.27. The normalized spacial score (nSPS) is 16.2. The maximum absolute atomic E-state index is 6.27. The van der Waals surface area contributed by atoms with Gasteiger partial charge >= 0.3 is 7.12 Å². The van der Waals surface area contributed by atoms with E-state index in [2.05, 4.69) is 125 Å². The molecule has 1 aliphatic rings. The first-order valence-electron chi connectivity index (χ1n) is 14.5. The van der Waals surface area contributed by atoms with Gasteiger partial charge in [0.2, 0.25) is 0 Å². The molecule has 5 aromatic carbocycles. The molecule has 0 N–H and O–H groups in total. The second-order valence-corrected chi connectivity index (χ2v) is 13.2. The fourth-order valence-electron chi connectivity index (χ4n) is 6.33. The Hall–Kier alpha value is -4.03. The molecule has 1 fully saturated rings. The van der Waals surface area contributed by atoms with Gasteiger partial charge in [-0.1, -0.05) is 91.0 Å². The molecule has 0 saturated carbocycles. The van der Waals surface area contributed by atoms with Crippen molar-refractivity contribution in [3.8, 4) is 22.3 Å². The van der Waals surface area contributed by atoms with E-state index >= 15 is 0 Å². The van der Waals surface area contributed by atoms with E-state index in [1.54, 1.807) is 0 Å². The van der Waals surface area contributed by atoms with Gasteiger partial charge in [-0.2, -0.15) is 0 Å². The minimum absolute atomic E-state index is 0.405. The van der Waals surface area contributed by atoms with E-state index in [1.165, 1.54) is 58.4 Å². The number of nitrogens with zero attached hydrogens (tertiary/aromatic N) is 1. The Labute approximate surface area is 249 Å². The third-order valence-electron chi connectivity index (χ3n) is 9.17. The van der Waals surface area contributed by atoms with Crippen molar-refractivity contribution in [2.75, 3.05) is 0 Å². The van der Waals surface area contributed by atoms with Gasteiger partial charge in [0.1, 0.15) is 0 Å². The zero-order chi connectivity index (χ0) is 28.6. The molecule has 0 bridgehead atoms. The van der Waals surface area contributed by atoms with Gasteiger partial charge in [0.15, 0.2) is 0 Å². The van der Waals surface area contributed by atoms with Crippen LogP contribution in [-0.2, 0) is 9.31 Å². The molecule has 204 valence electrons. The summed E-state index contributed by atoms with van der Waals surface area (Å²) in [5, 5.41) is 7.55. The summed E-state index contributed by atoms with van der Waals surface area (Å²) in [6.07, 6.45) is 1.97. The monoisotopic (exact) mass is 563 g/mol. The van der Waals surface area contributed by atoms with Crippen LogP contribution in [0, 0.1) is 0 Å². The van der Waals surface area contributed by atoms with Crippen LogP contribution in [0.2, 0.25) is 0 Å². The highest BCUT2D eigenvalue weighted by Gasteiger charge is 2.52. The van der Waals surface area contributed by atoms with Crippen molar-refractivity contribution in [1.82, 2.24) is 4.98 Å². The van der Waals surface area contributed by atoms with Crippen molar-refractivity contribution in [1.29, 1.82) is 0 Å². The summed E-state index contributed by atoms with van der Waals surface area (Å²) in [5.41, 5.74) is 4.82. The molecule has 0 amide bonds. The number of hydrogen-bond acceptors (Lipinski definition) is 4. The summed E-state index contributed by atoms with van der Waals surface area (Å²) in [5.74, 6) is 0. The first-order chi connectivity index (χ1) is 20.3. The standard InChI is InChI=1S/C37H30BNO2S/c1-36(2)37(3,4)41-38(40-36)32-21-20-23(22-39-32)33-25-13-5-7-15-27(25)34(28-16-8-6-14-26(28)33)30-18-11-17-29-24-12-9-10-19-31(24)42-35(29)30/h5-22H,1-4H3. The quantitative estimate of drug-likeness (QED) is 0.159. The van der Waals surface area contributed by atoms with Crippen LogP contribution >= 0.6 is 11.3 Å². The Morgan fingerprint density at radius 2 is 1.12 bits per heavy atom. The van der Waals surface area contributed by atoms with Crippen molar-refractivity contribution in [2.24, 2.45) is 0 Å². The van der Waals surface area contributed by atoms with E-state index in [0.29, 0.717) is 0 Å². The van der Waals surface area contributed by atoms with Gasteiger partial charge in [-0.05, 0) is 72.5 Å². The number of hydrogen-bond donors (Lipinski definition) is 0. The molecule has 8 rings (SSSR count). The number of rotatable bonds is 3. The van der Waals surface area contributed by atoms with Crippen LogP contribution in [0.5, 0.6) is 0 Å². The molecule has 0 aliphatic carbocycles. The van der Waals surface area contributed by atoms with E-state index in [9.17, 15) is 0 Å². The Morgan fingerprint density at radius 3 is 1.71 bits per heavy atom. The average molecular weight is 564 g/mol. The Kier molecular flexibility index (Phi) is 5.65. The van der Waals surface area contributed by atoms with Crippen molar-refractivity contribution in [3.63, 3.8) is 0 Å². The lowest BCUT2D eigenvalue weighted by Gasteiger charge is -2.32. The molecule has 2 aromatic heterocycles. The predicted molar refractivity (Wildman–Crippen MR) is 179 cm³/mol. The zero-order valence-electron chi connectivity index (χ0n) is 24.1. The summed E-state index contributed by atoms with van der Waals surface area (Å²) in [6, 6.07) is 37.2. The summed E-state index contributed by atoms with van der Waals surface area (Å²) < 4.78 is 15.2. The van der Waals surface area contributed by atoms with Gasteiger partial charge in [-0.25, -0.2) is 0 Å². The Balaban J connectivity index is 1.35. The summed E-state index contributed by atoms with van der Waals surface area (Å²) in [7, 11) is -0.485. The average Bonchev–Trinajstić information content (AvgIpc) is 3.49. The molecule has 0 spiro atoms. The Bertz CT molecular complexity index is 2090. The largest absolute Gasteiger partial charge is 0.514 e. The predicted octanol–water partition coefficient (Wildman–Crippen LogP) is 9.39. The van der Waals surface area contributed by atoms with Crippen molar-refractivity contribution < 1.29 is 9.31 Å². The van der Waals surface area contributed by atoms with Crippen LogP contribution in [-0.4, -0.2) is 23.3 Å². The van der Waals surface area contributed by atoms with Gasteiger partial charge in [-0.15, -0.1) is 11.3 Å². The van der Waals surface area contributed by atoms with Crippen LogP contribution in [0.3, 0.4) is 0 Å². The molecule has 3 heterocycles. The molecular weight excluding hydrogens is 533 g/mol. The van der Waals surface area contributed by atoms with Crippen LogP contribution in [0.1, 0.15) is 27.7 Å². The fraction of sp³-hybridized carbons (Fsp3) is 0.162. The van der Waals surface area contributed by atoms with Gasteiger partial charge < -0.3 is 9.31 Å².